The molecular weight excluding hydrogens is 204 g/mol. The Morgan fingerprint density at radius 3 is 2.69 bits per heavy atom. The average molecular weight is 220 g/mol. The van der Waals surface area contributed by atoms with Crippen molar-refractivity contribution >= 4 is 11.1 Å². The number of aliphatic hydroxyl groups is 1. The smallest absolute Gasteiger partial charge is 0.215 e. The number of nitrogens with two attached hydrogens (primary N) is 1. The van der Waals surface area contributed by atoms with Crippen molar-refractivity contribution in [3.8, 4) is 0 Å². The van der Waals surface area contributed by atoms with Crippen molar-refractivity contribution in [3.63, 3.8) is 0 Å². The summed E-state index contributed by atoms with van der Waals surface area (Å²) in [5.74, 6) is 0.388. The van der Waals surface area contributed by atoms with Crippen LogP contribution in [0.15, 0.2) is 16.5 Å². The Bertz CT molecular complexity index is 517. The normalized spacial score (nSPS) is 15.3. The summed E-state index contributed by atoms with van der Waals surface area (Å²) in [7, 11) is 0. The third-order valence-electron chi connectivity index (χ3n) is 2.64. The van der Waals surface area contributed by atoms with E-state index in [1.807, 2.05) is 26.0 Å². The maximum Gasteiger partial charge on any atom is 0.215 e. The number of benzene rings is 1. The SMILES string of the molecule is Cc1cc(C)c2oc(C(N)C(C)O)nc2c1. The van der Waals surface area contributed by atoms with Gasteiger partial charge in [0.15, 0.2) is 5.58 Å². The van der Waals surface area contributed by atoms with Crippen LogP contribution in [0.5, 0.6) is 0 Å². The van der Waals surface area contributed by atoms with Crippen LogP contribution in [0.25, 0.3) is 11.1 Å². The maximum absolute atomic E-state index is 9.40. The highest BCUT2D eigenvalue weighted by Crippen LogP contribution is 2.24. The van der Waals surface area contributed by atoms with Crippen LogP contribution in [0.4, 0.5) is 0 Å². The van der Waals surface area contributed by atoms with Gasteiger partial charge in [-0.1, -0.05) is 6.07 Å². The topological polar surface area (TPSA) is 72.3 Å². The van der Waals surface area contributed by atoms with Gasteiger partial charge in [0.25, 0.3) is 0 Å². The molecule has 0 saturated carbocycles. The van der Waals surface area contributed by atoms with Crippen LogP contribution in [0, 0.1) is 13.8 Å². The zero-order valence-corrected chi connectivity index (χ0v) is 9.69. The quantitative estimate of drug-likeness (QED) is 0.809. The fourth-order valence-electron chi connectivity index (χ4n) is 1.74. The molecule has 0 spiro atoms. The molecule has 3 N–H and O–H groups in total. The van der Waals surface area contributed by atoms with Gasteiger partial charge in [-0.3, -0.25) is 0 Å². The lowest BCUT2D eigenvalue weighted by Crippen LogP contribution is -2.23. The third kappa shape index (κ3) is 1.81. The summed E-state index contributed by atoms with van der Waals surface area (Å²) in [4.78, 5) is 4.30. The molecule has 0 aliphatic carbocycles. The number of fused-ring (bicyclic) bond motifs is 1. The van der Waals surface area contributed by atoms with E-state index in [1.165, 1.54) is 0 Å². The lowest BCUT2D eigenvalue weighted by atomic mass is 10.1. The predicted molar refractivity (Wildman–Crippen MR) is 62.1 cm³/mol. The first kappa shape index (κ1) is 11.1. The van der Waals surface area contributed by atoms with Crippen LogP contribution in [0.3, 0.4) is 0 Å². The molecule has 0 aliphatic rings. The fraction of sp³-hybridized carbons (Fsp3) is 0.417. The van der Waals surface area contributed by atoms with Gasteiger partial charge in [0, 0.05) is 0 Å². The molecule has 1 aromatic heterocycles. The minimum atomic E-state index is -0.672. The molecule has 1 heterocycles. The van der Waals surface area contributed by atoms with Crippen LogP contribution in [0.1, 0.15) is 30.0 Å². The minimum absolute atomic E-state index is 0.388. The third-order valence-corrected chi connectivity index (χ3v) is 2.64. The van der Waals surface area contributed by atoms with E-state index in [4.69, 9.17) is 10.2 Å². The minimum Gasteiger partial charge on any atom is -0.439 e. The van der Waals surface area contributed by atoms with Gasteiger partial charge in [-0.2, -0.15) is 0 Å². The van der Waals surface area contributed by atoms with Crippen molar-refractivity contribution in [1.82, 2.24) is 4.98 Å². The molecule has 0 fully saturated rings. The summed E-state index contributed by atoms with van der Waals surface area (Å²) in [6.45, 7) is 5.60. The Morgan fingerprint density at radius 2 is 2.06 bits per heavy atom. The molecule has 0 bridgehead atoms. The first-order valence-electron chi connectivity index (χ1n) is 5.30. The predicted octanol–water partition coefficient (Wildman–Crippen LogP) is 1.83. The first-order valence-corrected chi connectivity index (χ1v) is 5.30. The molecule has 2 aromatic rings. The van der Waals surface area contributed by atoms with Crippen molar-refractivity contribution in [2.24, 2.45) is 5.73 Å². The van der Waals surface area contributed by atoms with Crippen molar-refractivity contribution in [2.45, 2.75) is 32.9 Å². The molecule has 2 unspecified atom stereocenters. The lowest BCUT2D eigenvalue weighted by Gasteiger charge is -2.09. The lowest BCUT2D eigenvalue weighted by molar-refractivity contribution is 0.152. The molecule has 86 valence electrons. The molecule has 0 saturated heterocycles. The number of oxazole rings is 1. The summed E-state index contributed by atoms with van der Waals surface area (Å²) in [6.07, 6.45) is -0.672. The zero-order valence-electron chi connectivity index (χ0n) is 9.69. The highest BCUT2D eigenvalue weighted by atomic mass is 16.4. The van der Waals surface area contributed by atoms with E-state index in [9.17, 15) is 5.11 Å². The summed E-state index contributed by atoms with van der Waals surface area (Å²) in [5.41, 5.74) is 9.49. The molecule has 0 aliphatic heterocycles. The van der Waals surface area contributed by atoms with Crippen LogP contribution < -0.4 is 5.73 Å². The number of hydrogen-bond donors (Lipinski definition) is 2. The molecule has 4 heteroatoms. The summed E-state index contributed by atoms with van der Waals surface area (Å²) in [5, 5.41) is 9.40. The molecule has 1 aromatic carbocycles. The highest BCUT2D eigenvalue weighted by Gasteiger charge is 2.19. The Kier molecular flexibility index (Phi) is 2.69. The van der Waals surface area contributed by atoms with E-state index >= 15 is 0 Å². The molecule has 0 radical (unpaired) electrons. The van der Waals surface area contributed by atoms with Gasteiger partial charge in [0.05, 0.1) is 6.10 Å². The van der Waals surface area contributed by atoms with E-state index < -0.39 is 12.1 Å². The van der Waals surface area contributed by atoms with E-state index in [0.717, 1.165) is 22.2 Å². The molecule has 4 nitrogen and oxygen atoms in total. The van der Waals surface area contributed by atoms with Crippen molar-refractivity contribution in [3.05, 3.63) is 29.2 Å². The van der Waals surface area contributed by atoms with Crippen LogP contribution in [0.2, 0.25) is 0 Å². The first-order chi connectivity index (χ1) is 7.49. The number of aromatic nitrogens is 1. The Morgan fingerprint density at radius 1 is 1.38 bits per heavy atom. The van der Waals surface area contributed by atoms with E-state index in [2.05, 4.69) is 4.98 Å². The number of rotatable bonds is 2. The van der Waals surface area contributed by atoms with Gasteiger partial charge >= 0.3 is 0 Å². The maximum atomic E-state index is 9.40. The monoisotopic (exact) mass is 220 g/mol. The van der Waals surface area contributed by atoms with Crippen LogP contribution >= 0.6 is 0 Å². The summed E-state index contributed by atoms with van der Waals surface area (Å²) < 4.78 is 5.58. The van der Waals surface area contributed by atoms with Gasteiger partial charge in [-0.25, -0.2) is 4.98 Å². The Hall–Kier alpha value is -1.39. The molecular formula is C12H16N2O2. The van der Waals surface area contributed by atoms with Crippen LogP contribution in [-0.4, -0.2) is 16.2 Å². The molecule has 2 rings (SSSR count). The standard InChI is InChI=1S/C12H16N2O2/c1-6-4-7(2)11-9(5-6)14-12(16-11)10(13)8(3)15/h4-5,8,10,15H,13H2,1-3H3. The van der Waals surface area contributed by atoms with Gasteiger partial charge < -0.3 is 15.3 Å². The Balaban J connectivity index is 2.56. The van der Waals surface area contributed by atoms with E-state index in [1.54, 1.807) is 6.92 Å². The second-order valence-corrected chi connectivity index (χ2v) is 4.25. The van der Waals surface area contributed by atoms with E-state index in [-0.39, 0.29) is 0 Å². The zero-order chi connectivity index (χ0) is 11.9. The van der Waals surface area contributed by atoms with Gasteiger partial charge in [-0.05, 0) is 38.0 Å². The second-order valence-electron chi connectivity index (χ2n) is 4.25. The molecule has 0 amide bonds. The van der Waals surface area contributed by atoms with E-state index in [0.29, 0.717) is 5.89 Å². The number of aliphatic hydroxyl groups excluding tert-OH is 1. The number of hydrogen-bond acceptors (Lipinski definition) is 4. The van der Waals surface area contributed by atoms with Gasteiger partial charge in [0.1, 0.15) is 11.6 Å². The van der Waals surface area contributed by atoms with Gasteiger partial charge in [-0.15, -0.1) is 0 Å². The van der Waals surface area contributed by atoms with Crippen LogP contribution in [-0.2, 0) is 0 Å². The number of nitrogens with zero attached hydrogens (tertiary/aromatic N) is 1. The number of aryl methyl sites for hydroxylation is 2. The fourth-order valence-corrected chi connectivity index (χ4v) is 1.74. The van der Waals surface area contributed by atoms with Crippen molar-refractivity contribution < 1.29 is 9.52 Å². The van der Waals surface area contributed by atoms with Crippen molar-refractivity contribution in [2.75, 3.05) is 0 Å². The Labute approximate surface area is 94.1 Å². The highest BCUT2D eigenvalue weighted by molar-refractivity contribution is 5.77. The largest absolute Gasteiger partial charge is 0.439 e. The molecule has 2 atom stereocenters. The summed E-state index contributed by atoms with van der Waals surface area (Å²) >= 11 is 0. The van der Waals surface area contributed by atoms with Gasteiger partial charge in [0.2, 0.25) is 5.89 Å². The average Bonchev–Trinajstić information content (AvgIpc) is 2.60. The molecule has 16 heavy (non-hydrogen) atoms. The second kappa shape index (κ2) is 3.88. The summed E-state index contributed by atoms with van der Waals surface area (Å²) in [6, 6.07) is 3.40. The van der Waals surface area contributed by atoms with Crippen molar-refractivity contribution in [1.29, 1.82) is 0 Å².